The predicted octanol–water partition coefficient (Wildman–Crippen LogP) is 2.05. The maximum Gasteiger partial charge on any atom is 0.124 e. The summed E-state index contributed by atoms with van der Waals surface area (Å²) in [6, 6.07) is 6.22. The van der Waals surface area contributed by atoms with Gasteiger partial charge in [-0.25, -0.2) is 0 Å². The van der Waals surface area contributed by atoms with E-state index < -0.39 is 6.10 Å². The van der Waals surface area contributed by atoms with Crippen molar-refractivity contribution in [3.05, 3.63) is 29.3 Å². The fourth-order valence-corrected chi connectivity index (χ4v) is 2.64. The highest BCUT2D eigenvalue weighted by Crippen LogP contribution is 2.26. The number of nitrogens with one attached hydrogen (secondary N) is 1. The van der Waals surface area contributed by atoms with Gasteiger partial charge in [0, 0.05) is 24.8 Å². The van der Waals surface area contributed by atoms with E-state index in [-0.39, 0.29) is 0 Å². The van der Waals surface area contributed by atoms with Gasteiger partial charge in [-0.2, -0.15) is 0 Å². The van der Waals surface area contributed by atoms with Crippen LogP contribution in [0.5, 0.6) is 5.75 Å². The topological polar surface area (TPSA) is 50.7 Å². The van der Waals surface area contributed by atoms with E-state index in [1.807, 2.05) is 25.1 Å². The second kappa shape index (κ2) is 7.07. The first-order valence-corrected chi connectivity index (χ1v) is 7.25. The van der Waals surface area contributed by atoms with Gasteiger partial charge in [0.25, 0.3) is 0 Å². The van der Waals surface area contributed by atoms with Crippen LogP contribution < -0.4 is 10.1 Å². The molecule has 1 aliphatic rings. The van der Waals surface area contributed by atoms with E-state index in [2.05, 4.69) is 12.2 Å². The number of aryl methyl sites for hydroxylation is 1. The molecule has 0 aliphatic carbocycles. The molecule has 1 saturated heterocycles. The van der Waals surface area contributed by atoms with Crippen molar-refractivity contribution in [3.63, 3.8) is 0 Å². The van der Waals surface area contributed by atoms with Gasteiger partial charge in [-0.15, -0.1) is 0 Å². The molecule has 0 spiro atoms. The molecule has 0 aromatic heterocycles. The average Bonchev–Trinajstić information content (AvgIpc) is 2.98. The molecule has 1 fully saturated rings. The Morgan fingerprint density at radius 3 is 2.95 bits per heavy atom. The number of aliphatic hydroxyl groups is 1. The minimum atomic E-state index is -0.561. The van der Waals surface area contributed by atoms with Crippen LogP contribution in [0.15, 0.2) is 18.2 Å². The average molecular weight is 279 g/mol. The molecular formula is C16H25NO3. The first kappa shape index (κ1) is 15.3. The van der Waals surface area contributed by atoms with E-state index in [0.717, 1.165) is 36.5 Å². The van der Waals surface area contributed by atoms with Crippen molar-refractivity contribution in [1.29, 1.82) is 0 Å². The van der Waals surface area contributed by atoms with Gasteiger partial charge in [-0.3, -0.25) is 0 Å². The molecule has 0 bridgehead atoms. The number of rotatable bonds is 6. The standard InChI is InChI=1S/C16H25NO3/c1-11-4-5-16(19-3)14(8-11)15(18)9-17-12(2)13-6-7-20-10-13/h4-5,8,12-13,15,17-18H,6-7,9-10H2,1-3H3. The number of hydrogen-bond acceptors (Lipinski definition) is 4. The number of aliphatic hydroxyl groups excluding tert-OH is 1. The summed E-state index contributed by atoms with van der Waals surface area (Å²) in [6.07, 6.45) is 0.535. The lowest BCUT2D eigenvalue weighted by molar-refractivity contribution is 0.153. The molecule has 0 radical (unpaired) electrons. The molecule has 4 heteroatoms. The molecule has 112 valence electrons. The Labute approximate surface area is 121 Å². The van der Waals surface area contributed by atoms with Gasteiger partial charge >= 0.3 is 0 Å². The zero-order valence-corrected chi connectivity index (χ0v) is 12.6. The van der Waals surface area contributed by atoms with Crippen LogP contribution >= 0.6 is 0 Å². The molecular weight excluding hydrogens is 254 g/mol. The number of hydrogen-bond donors (Lipinski definition) is 2. The lowest BCUT2D eigenvalue weighted by Crippen LogP contribution is -2.36. The van der Waals surface area contributed by atoms with Crippen LogP contribution in [0.2, 0.25) is 0 Å². The lowest BCUT2D eigenvalue weighted by atomic mass is 10.00. The van der Waals surface area contributed by atoms with Crippen molar-refractivity contribution in [3.8, 4) is 5.75 Å². The van der Waals surface area contributed by atoms with Gasteiger partial charge in [-0.05, 0) is 38.3 Å². The van der Waals surface area contributed by atoms with Crippen LogP contribution in [0, 0.1) is 12.8 Å². The Morgan fingerprint density at radius 2 is 2.30 bits per heavy atom. The Bertz CT molecular complexity index is 430. The molecule has 3 atom stereocenters. The minimum absolute atomic E-state index is 0.350. The van der Waals surface area contributed by atoms with Crippen molar-refractivity contribution in [2.24, 2.45) is 5.92 Å². The summed E-state index contributed by atoms with van der Waals surface area (Å²) in [7, 11) is 1.63. The molecule has 3 unspecified atom stereocenters. The van der Waals surface area contributed by atoms with Gasteiger partial charge in [0.1, 0.15) is 5.75 Å². The lowest BCUT2D eigenvalue weighted by Gasteiger charge is -2.22. The Kier molecular flexibility index (Phi) is 5.40. The molecule has 0 amide bonds. The molecule has 1 heterocycles. The highest BCUT2D eigenvalue weighted by atomic mass is 16.5. The summed E-state index contributed by atoms with van der Waals surface area (Å²) in [4.78, 5) is 0. The van der Waals surface area contributed by atoms with Crippen LogP contribution in [-0.4, -0.2) is 38.0 Å². The quantitative estimate of drug-likeness (QED) is 0.837. The maximum atomic E-state index is 10.4. The first-order valence-electron chi connectivity index (χ1n) is 7.25. The molecule has 1 aromatic rings. The molecule has 0 saturated carbocycles. The van der Waals surface area contributed by atoms with E-state index in [1.165, 1.54) is 0 Å². The smallest absolute Gasteiger partial charge is 0.124 e. The summed E-state index contributed by atoms with van der Waals surface area (Å²) in [6.45, 7) is 6.36. The van der Waals surface area contributed by atoms with Crippen LogP contribution in [0.1, 0.15) is 30.6 Å². The second-order valence-electron chi connectivity index (χ2n) is 5.58. The van der Waals surface area contributed by atoms with E-state index >= 15 is 0 Å². The summed E-state index contributed by atoms with van der Waals surface area (Å²) in [5.74, 6) is 1.28. The van der Waals surface area contributed by atoms with Gasteiger partial charge in [0.15, 0.2) is 0 Å². The zero-order chi connectivity index (χ0) is 14.5. The number of ether oxygens (including phenoxy) is 2. The third-order valence-corrected chi connectivity index (χ3v) is 4.05. The predicted molar refractivity (Wildman–Crippen MR) is 79.1 cm³/mol. The number of methoxy groups -OCH3 is 1. The highest BCUT2D eigenvalue weighted by molar-refractivity contribution is 5.38. The van der Waals surface area contributed by atoms with Crippen molar-refractivity contribution >= 4 is 0 Å². The fraction of sp³-hybridized carbons (Fsp3) is 0.625. The van der Waals surface area contributed by atoms with Crippen molar-refractivity contribution in [2.75, 3.05) is 26.9 Å². The summed E-state index contributed by atoms with van der Waals surface area (Å²) >= 11 is 0. The van der Waals surface area contributed by atoms with Crippen LogP contribution in [-0.2, 0) is 4.74 Å². The Hall–Kier alpha value is -1.10. The summed E-state index contributed by atoms with van der Waals surface area (Å²) in [5.41, 5.74) is 1.96. The molecule has 20 heavy (non-hydrogen) atoms. The van der Waals surface area contributed by atoms with Crippen molar-refractivity contribution in [1.82, 2.24) is 5.32 Å². The van der Waals surface area contributed by atoms with Gasteiger partial charge in [-0.1, -0.05) is 11.6 Å². The van der Waals surface area contributed by atoms with Crippen molar-refractivity contribution < 1.29 is 14.6 Å². The zero-order valence-electron chi connectivity index (χ0n) is 12.6. The highest BCUT2D eigenvalue weighted by Gasteiger charge is 2.23. The molecule has 1 aromatic carbocycles. The Balaban J connectivity index is 1.93. The first-order chi connectivity index (χ1) is 9.61. The van der Waals surface area contributed by atoms with Gasteiger partial charge in [0.2, 0.25) is 0 Å². The van der Waals surface area contributed by atoms with Crippen molar-refractivity contribution in [2.45, 2.75) is 32.4 Å². The van der Waals surface area contributed by atoms with E-state index in [4.69, 9.17) is 9.47 Å². The summed E-state index contributed by atoms with van der Waals surface area (Å²) < 4.78 is 10.7. The summed E-state index contributed by atoms with van der Waals surface area (Å²) in [5, 5.41) is 13.8. The molecule has 2 N–H and O–H groups in total. The Morgan fingerprint density at radius 1 is 1.50 bits per heavy atom. The monoisotopic (exact) mass is 279 g/mol. The normalized spacial score (nSPS) is 21.7. The van der Waals surface area contributed by atoms with Gasteiger partial charge < -0.3 is 19.9 Å². The van der Waals surface area contributed by atoms with Crippen LogP contribution in [0.25, 0.3) is 0 Å². The maximum absolute atomic E-state index is 10.4. The second-order valence-corrected chi connectivity index (χ2v) is 5.58. The minimum Gasteiger partial charge on any atom is -0.496 e. The van der Waals surface area contributed by atoms with E-state index in [0.29, 0.717) is 18.5 Å². The third-order valence-electron chi connectivity index (χ3n) is 4.05. The molecule has 1 aliphatic heterocycles. The largest absolute Gasteiger partial charge is 0.496 e. The van der Waals surface area contributed by atoms with Gasteiger partial charge in [0.05, 0.1) is 19.8 Å². The van der Waals surface area contributed by atoms with E-state index in [1.54, 1.807) is 7.11 Å². The van der Waals surface area contributed by atoms with Crippen LogP contribution in [0.3, 0.4) is 0 Å². The van der Waals surface area contributed by atoms with Crippen LogP contribution in [0.4, 0.5) is 0 Å². The fourth-order valence-electron chi connectivity index (χ4n) is 2.64. The number of benzene rings is 1. The molecule has 2 rings (SSSR count). The molecule has 4 nitrogen and oxygen atoms in total. The SMILES string of the molecule is COc1ccc(C)cc1C(O)CNC(C)C1CCOC1. The van der Waals surface area contributed by atoms with E-state index in [9.17, 15) is 5.11 Å². The third kappa shape index (κ3) is 3.72.